The van der Waals surface area contributed by atoms with E-state index in [9.17, 15) is 9.18 Å². The maximum atomic E-state index is 13.6. The van der Waals surface area contributed by atoms with Crippen LogP contribution in [0.3, 0.4) is 0 Å². The van der Waals surface area contributed by atoms with Gasteiger partial charge in [0.15, 0.2) is 0 Å². The van der Waals surface area contributed by atoms with E-state index >= 15 is 0 Å². The van der Waals surface area contributed by atoms with E-state index in [0.717, 1.165) is 11.1 Å². The van der Waals surface area contributed by atoms with Gasteiger partial charge in [-0.2, -0.15) is 10.1 Å². The Hall–Kier alpha value is -4.10. The maximum Gasteiger partial charge on any atom is 0.280 e. The van der Waals surface area contributed by atoms with E-state index in [1.54, 1.807) is 30.3 Å². The van der Waals surface area contributed by atoms with E-state index in [2.05, 4.69) is 10.1 Å². The number of nitrogens with zero attached hydrogens (tertiary/aromatic N) is 3. The Morgan fingerprint density at radius 1 is 0.969 bits per heavy atom. The van der Waals surface area contributed by atoms with Gasteiger partial charge >= 0.3 is 0 Å². The van der Waals surface area contributed by atoms with Crippen molar-refractivity contribution in [2.75, 3.05) is 5.01 Å². The zero-order chi connectivity index (χ0) is 21.9. The lowest BCUT2D eigenvalue weighted by atomic mass is 10.0. The molecular weight excluding hydrogens is 425 g/mol. The molecule has 156 valence electrons. The third kappa shape index (κ3) is 4.06. The highest BCUT2D eigenvalue weighted by atomic mass is 32.1. The van der Waals surface area contributed by atoms with Crippen molar-refractivity contribution in [1.82, 2.24) is 4.98 Å². The molecule has 0 fully saturated rings. The number of aromatic nitrogens is 1. The zero-order valence-corrected chi connectivity index (χ0v) is 17.5. The normalized spacial score (nSPS) is 11.3. The monoisotopic (exact) mass is 441 g/mol. The fourth-order valence-corrected chi connectivity index (χ4v) is 4.15. The highest BCUT2D eigenvalue weighted by Crippen LogP contribution is 2.31. The third-order valence-corrected chi connectivity index (χ3v) is 5.79. The first-order chi connectivity index (χ1) is 15.7. The molecule has 0 saturated heterocycles. The van der Waals surface area contributed by atoms with Crippen LogP contribution in [0.5, 0.6) is 0 Å². The average molecular weight is 441 g/mol. The molecule has 1 amide bonds. The number of rotatable bonds is 5. The molecule has 0 atom stereocenters. The predicted octanol–water partition coefficient (Wildman–Crippen LogP) is 6.38. The molecule has 0 saturated carbocycles. The topological polar surface area (TPSA) is 58.7 Å². The fourth-order valence-electron chi connectivity index (χ4n) is 3.20. The van der Waals surface area contributed by atoms with E-state index in [1.165, 1.54) is 41.0 Å². The minimum atomic E-state index is -0.360. The summed E-state index contributed by atoms with van der Waals surface area (Å²) in [6, 6.07) is 25.0. The van der Waals surface area contributed by atoms with Crippen molar-refractivity contribution in [2.45, 2.75) is 0 Å². The lowest BCUT2D eigenvalue weighted by Crippen LogP contribution is -2.25. The molecule has 5 aromatic rings. The summed E-state index contributed by atoms with van der Waals surface area (Å²) in [5.74, 6) is -0.220. The molecule has 2 aromatic heterocycles. The van der Waals surface area contributed by atoms with Gasteiger partial charge in [-0.1, -0.05) is 53.8 Å². The van der Waals surface area contributed by atoms with Crippen LogP contribution in [-0.2, 0) is 0 Å². The molecule has 5 rings (SSSR count). The number of carbonyl (C=O) groups is 1. The number of hydrazone groups is 1. The molecular formula is C25H16FN3O2S. The summed E-state index contributed by atoms with van der Waals surface area (Å²) in [5, 5.41) is 5.88. The molecule has 0 aliphatic heterocycles. The number of hydrogen-bond donors (Lipinski definition) is 0. The van der Waals surface area contributed by atoms with Crippen molar-refractivity contribution < 1.29 is 13.6 Å². The Labute approximate surface area is 187 Å². The summed E-state index contributed by atoms with van der Waals surface area (Å²) in [7, 11) is 0. The van der Waals surface area contributed by atoms with Gasteiger partial charge in [-0.25, -0.2) is 9.37 Å². The number of hydrogen-bond acceptors (Lipinski definition) is 5. The molecule has 0 spiro atoms. The zero-order valence-electron chi connectivity index (χ0n) is 16.7. The summed E-state index contributed by atoms with van der Waals surface area (Å²) in [5.41, 5.74) is 3.11. The molecule has 0 radical (unpaired) electrons. The van der Waals surface area contributed by atoms with Crippen molar-refractivity contribution in [1.29, 1.82) is 0 Å². The number of thiazole rings is 1. The maximum absolute atomic E-state index is 13.6. The number of benzene rings is 3. The quantitative estimate of drug-likeness (QED) is 0.235. The van der Waals surface area contributed by atoms with E-state index in [-0.39, 0.29) is 11.7 Å². The second-order valence-electron chi connectivity index (χ2n) is 6.93. The van der Waals surface area contributed by atoms with Gasteiger partial charge in [0.1, 0.15) is 11.6 Å². The van der Waals surface area contributed by atoms with Crippen LogP contribution in [0, 0.1) is 5.82 Å². The summed E-state index contributed by atoms with van der Waals surface area (Å²) >= 11 is 1.19. The second-order valence-corrected chi connectivity index (χ2v) is 7.94. The largest absolute Gasteiger partial charge is 0.463 e. The van der Waals surface area contributed by atoms with E-state index in [1.807, 2.05) is 42.5 Å². The van der Waals surface area contributed by atoms with Crippen LogP contribution in [-0.4, -0.2) is 17.1 Å². The summed E-state index contributed by atoms with van der Waals surface area (Å²) < 4.78 is 19.6. The van der Waals surface area contributed by atoms with Crippen LogP contribution in [0.4, 0.5) is 9.52 Å². The lowest BCUT2D eigenvalue weighted by molar-refractivity contribution is 0.0988. The molecule has 32 heavy (non-hydrogen) atoms. The van der Waals surface area contributed by atoms with Crippen LogP contribution < -0.4 is 5.01 Å². The summed E-state index contributed by atoms with van der Waals surface area (Å²) in [4.78, 5) is 17.8. The molecule has 0 aliphatic rings. The van der Waals surface area contributed by atoms with E-state index < -0.39 is 0 Å². The minimum absolute atomic E-state index is 0.338. The molecule has 2 heterocycles. The molecule has 0 bridgehead atoms. The molecule has 5 nitrogen and oxygen atoms in total. The molecule has 0 N–H and O–H groups in total. The third-order valence-electron chi connectivity index (χ3n) is 4.80. The summed E-state index contributed by atoms with van der Waals surface area (Å²) in [6.45, 7) is 0. The highest BCUT2D eigenvalue weighted by Gasteiger charge is 2.21. The van der Waals surface area contributed by atoms with Gasteiger partial charge < -0.3 is 4.42 Å². The molecule has 3 aromatic carbocycles. The Kier molecular flexibility index (Phi) is 5.31. The molecule has 7 heteroatoms. The molecule has 0 unspecified atom stereocenters. The Morgan fingerprint density at radius 2 is 1.75 bits per heavy atom. The van der Waals surface area contributed by atoms with Gasteiger partial charge in [0.2, 0.25) is 5.13 Å². The van der Waals surface area contributed by atoms with Crippen LogP contribution in [0.1, 0.15) is 16.1 Å². The minimum Gasteiger partial charge on any atom is -0.463 e. The Morgan fingerprint density at radius 3 is 2.50 bits per heavy atom. The SMILES string of the molecule is O=C(c1ccc(-c2ccccc2)cc1)N(/N=C/c1ccco1)c1nc2ccc(F)cc2s1. The number of fused-ring (bicyclic) bond motifs is 1. The van der Waals surface area contributed by atoms with Crippen molar-refractivity contribution in [3.63, 3.8) is 0 Å². The van der Waals surface area contributed by atoms with Crippen molar-refractivity contribution in [2.24, 2.45) is 5.10 Å². The van der Waals surface area contributed by atoms with Crippen LogP contribution >= 0.6 is 11.3 Å². The first-order valence-corrected chi connectivity index (χ1v) is 10.6. The second kappa shape index (κ2) is 8.56. The Bertz CT molecular complexity index is 1390. The van der Waals surface area contributed by atoms with Crippen molar-refractivity contribution in [3.8, 4) is 11.1 Å². The van der Waals surface area contributed by atoms with Crippen molar-refractivity contribution >= 4 is 38.8 Å². The lowest BCUT2D eigenvalue weighted by Gasteiger charge is -2.14. The van der Waals surface area contributed by atoms with Gasteiger partial charge in [-0.3, -0.25) is 4.79 Å². The van der Waals surface area contributed by atoms with Crippen LogP contribution in [0.2, 0.25) is 0 Å². The fraction of sp³-hybridized carbons (Fsp3) is 0. The first-order valence-electron chi connectivity index (χ1n) is 9.81. The number of furan rings is 1. The van der Waals surface area contributed by atoms with Gasteiger partial charge in [-0.05, 0) is 53.6 Å². The van der Waals surface area contributed by atoms with Crippen LogP contribution in [0.25, 0.3) is 21.3 Å². The van der Waals surface area contributed by atoms with Gasteiger partial charge in [0.25, 0.3) is 5.91 Å². The number of halogens is 1. The van der Waals surface area contributed by atoms with Crippen LogP contribution in [0.15, 0.2) is 101 Å². The Balaban J connectivity index is 1.51. The van der Waals surface area contributed by atoms with E-state index in [4.69, 9.17) is 4.42 Å². The number of anilines is 1. The van der Waals surface area contributed by atoms with Gasteiger partial charge in [-0.15, -0.1) is 0 Å². The van der Waals surface area contributed by atoms with Crippen molar-refractivity contribution in [3.05, 3.63) is 108 Å². The first kappa shape index (κ1) is 19.8. The smallest absolute Gasteiger partial charge is 0.280 e. The number of carbonyl (C=O) groups excluding carboxylic acids is 1. The van der Waals surface area contributed by atoms with Gasteiger partial charge in [0.05, 0.1) is 22.7 Å². The number of amides is 1. The van der Waals surface area contributed by atoms with Gasteiger partial charge in [0, 0.05) is 5.56 Å². The highest BCUT2D eigenvalue weighted by molar-refractivity contribution is 7.22. The average Bonchev–Trinajstić information content (AvgIpc) is 3.49. The standard InChI is InChI=1S/C25H16FN3O2S/c26-20-12-13-22-23(15-20)32-25(28-22)29(27-16-21-7-4-14-31-21)24(30)19-10-8-18(9-11-19)17-5-2-1-3-6-17/h1-16H/b27-16+. The molecule has 0 aliphatic carbocycles. The predicted molar refractivity (Wildman–Crippen MR) is 125 cm³/mol. The summed E-state index contributed by atoms with van der Waals surface area (Å²) in [6.07, 6.45) is 2.97. The van der Waals surface area contributed by atoms with E-state index in [0.29, 0.717) is 26.7 Å².